The molecule has 27 heavy (non-hydrogen) atoms. The first-order valence-corrected chi connectivity index (χ1v) is 9.04. The van der Waals surface area contributed by atoms with Gasteiger partial charge in [-0.3, -0.25) is 14.6 Å². The number of nitrogens with one attached hydrogen (secondary N) is 2. The van der Waals surface area contributed by atoms with Crippen LogP contribution in [0.3, 0.4) is 0 Å². The number of carbonyl (C=O) groups excluding carboxylic acids is 1. The minimum absolute atomic E-state index is 0.129. The SMILES string of the molecule is CCCc1cc(=O)[nH]c(-n2nc(C)cc2NC(=O)Cc2ccccc2Cl)n1. The van der Waals surface area contributed by atoms with E-state index in [1.807, 2.05) is 19.1 Å². The van der Waals surface area contributed by atoms with Gasteiger partial charge in [0.15, 0.2) is 0 Å². The fraction of sp³-hybridized carbons (Fsp3) is 0.263. The van der Waals surface area contributed by atoms with Crippen molar-refractivity contribution in [1.82, 2.24) is 19.7 Å². The van der Waals surface area contributed by atoms with Crippen molar-refractivity contribution in [2.45, 2.75) is 33.1 Å². The molecule has 1 amide bonds. The Hall–Kier alpha value is -2.93. The van der Waals surface area contributed by atoms with Crippen LogP contribution in [-0.2, 0) is 17.6 Å². The molecule has 3 aromatic rings. The zero-order valence-corrected chi connectivity index (χ0v) is 15.9. The summed E-state index contributed by atoms with van der Waals surface area (Å²) in [7, 11) is 0. The largest absolute Gasteiger partial charge is 0.310 e. The van der Waals surface area contributed by atoms with E-state index < -0.39 is 0 Å². The highest BCUT2D eigenvalue weighted by Gasteiger charge is 2.14. The summed E-state index contributed by atoms with van der Waals surface area (Å²) < 4.78 is 1.43. The summed E-state index contributed by atoms with van der Waals surface area (Å²) in [4.78, 5) is 31.5. The molecule has 0 atom stereocenters. The molecule has 0 aliphatic heterocycles. The number of H-pyrrole nitrogens is 1. The Bertz CT molecular complexity index is 1020. The molecule has 0 fully saturated rings. The fourth-order valence-electron chi connectivity index (χ4n) is 2.73. The number of rotatable bonds is 6. The molecule has 0 aliphatic carbocycles. The summed E-state index contributed by atoms with van der Waals surface area (Å²) in [6, 6.07) is 10.4. The Morgan fingerprint density at radius 3 is 2.81 bits per heavy atom. The first-order chi connectivity index (χ1) is 13.0. The van der Waals surface area contributed by atoms with Crippen molar-refractivity contribution in [1.29, 1.82) is 0 Å². The van der Waals surface area contributed by atoms with Crippen LogP contribution in [0.2, 0.25) is 5.02 Å². The van der Waals surface area contributed by atoms with Gasteiger partial charge in [0.2, 0.25) is 11.9 Å². The molecule has 140 valence electrons. The van der Waals surface area contributed by atoms with Crippen molar-refractivity contribution in [2.75, 3.05) is 5.32 Å². The van der Waals surface area contributed by atoms with E-state index in [0.717, 1.165) is 12.0 Å². The lowest BCUT2D eigenvalue weighted by Crippen LogP contribution is -2.20. The molecule has 3 rings (SSSR count). The van der Waals surface area contributed by atoms with Gasteiger partial charge in [-0.15, -0.1) is 0 Å². The van der Waals surface area contributed by atoms with E-state index in [2.05, 4.69) is 20.4 Å². The van der Waals surface area contributed by atoms with Gasteiger partial charge in [-0.05, 0) is 25.0 Å². The van der Waals surface area contributed by atoms with Gasteiger partial charge in [0.1, 0.15) is 5.82 Å². The lowest BCUT2D eigenvalue weighted by atomic mass is 10.1. The van der Waals surface area contributed by atoms with Crippen molar-refractivity contribution >= 4 is 23.3 Å². The van der Waals surface area contributed by atoms with Gasteiger partial charge < -0.3 is 5.32 Å². The van der Waals surface area contributed by atoms with Gasteiger partial charge in [0.25, 0.3) is 5.56 Å². The molecule has 0 spiro atoms. The van der Waals surface area contributed by atoms with Crippen LogP contribution < -0.4 is 10.9 Å². The number of benzene rings is 1. The van der Waals surface area contributed by atoms with Crippen molar-refractivity contribution < 1.29 is 4.79 Å². The lowest BCUT2D eigenvalue weighted by molar-refractivity contribution is -0.115. The number of aryl methyl sites for hydroxylation is 2. The van der Waals surface area contributed by atoms with Crippen LogP contribution in [0.5, 0.6) is 0 Å². The van der Waals surface area contributed by atoms with E-state index in [9.17, 15) is 9.59 Å². The number of aromatic nitrogens is 4. The van der Waals surface area contributed by atoms with Crippen LogP contribution in [0.4, 0.5) is 5.82 Å². The standard InChI is InChI=1S/C19H20ClN5O2/c1-3-6-14-11-18(27)23-19(21-14)25-16(9-12(2)24-25)22-17(26)10-13-7-4-5-8-15(13)20/h4-5,7-9,11H,3,6,10H2,1-2H3,(H,22,26)(H,21,23,27). The molecule has 0 aliphatic rings. The monoisotopic (exact) mass is 385 g/mol. The molecular formula is C19H20ClN5O2. The smallest absolute Gasteiger partial charge is 0.252 e. The van der Waals surface area contributed by atoms with Gasteiger partial charge in [0.05, 0.1) is 12.1 Å². The lowest BCUT2D eigenvalue weighted by Gasteiger charge is -2.09. The summed E-state index contributed by atoms with van der Waals surface area (Å²) in [5.74, 6) is 0.463. The van der Waals surface area contributed by atoms with Gasteiger partial charge in [-0.25, -0.2) is 4.98 Å². The average Bonchev–Trinajstić information content (AvgIpc) is 2.97. The summed E-state index contributed by atoms with van der Waals surface area (Å²) in [5, 5.41) is 7.70. The number of halogens is 1. The molecule has 2 heterocycles. The highest BCUT2D eigenvalue weighted by Crippen LogP contribution is 2.18. The maximum atomic E-state index is 12.5. The number of hydrogen-bond donors (Lipinski definition) is 2. The predicted molar refractivity (Wildman–Crippen MR) is 104 cm³/mol. The number of amides is 1. The first-order valence-electron chi connectivity index (χ1n) is 8.67. The molecule has 0 bridgehead atoms. The van der Waals surface area contributed by atoms with E-state index in [-0.39, 0.29) is 23.8 Å². The second-order valence-electron chi connectivity index (χ2n) is 6.21. The Balaban J connectivity index is 1.87. The van der Waals surface area contributed by atoms with E-state index in [1.54, 1.807) is 25.1 Å². The van der Waals surface area contributed by atoms with E-state index in [4.69, 9.17) is 11.6 Å². The molecule has 0 saturated carbocycles. The van der Waals surface area contributed by atoms with Crippen LogP contribution >= 0.6 is 11.6 Å². The molecule has 2 aromatic heterocycles. The van der Waals surface area contributed by atoms with Crippen LogP contribution in [0.25, 0.3) is 5.95 Å². The Morgan fingerprint density at radius 1 is 1.30 bits per heavy atom. The quantitative estimate of drug-likeness (QED) is 0.682. The normalized spacial score (nSPS) is 10.8. The second-order valence-corrected chi connectivity index (χ2v) is 6.62. The van der Waals surface area contributed by atoms with Gasteiger partial charge >= 0.3 is 0 Å². The van der Waals surface area contributed by atoms with Crippen LogP contribution in [0.1, 0.15) is 30.3 Å². The van der Waals surface area contributed by atoms with Crippen molar-refractivity contribution in [3.05, 3.63) is 68.7 Å². The summed E-state index contributed by atoms with van der Waals surface area (Å²) in [5.41, 5.74) is 1.84. The molecular weight excluding hydrogens is 366 g/mol. The highest BCUT2D eigenvalue weighted by atomic mass is 35.5. The predicted octanol–water partition coefficient (Wildman–Crippen LogP) is 3.05. The number of carbonyl (C=O) groups is 1. The third-order valence-corrected chi connectivity index (χ3v) is 4.27. The maximum Gasteiger partial charge on any atom is 0.252 e. The number of aromatic amines is 1. The average molecular weight is 386 g/mol. The summed E-state index contributed by atoms with van der Waals surface area (Å²) in [6.07, 6.45) is 1.69. The van der Waals surface area contributed by atoms with E-state index >= 15 is 0 Å². The topological polar surface area (TPSA) is 92.7 Å². The zero-order chi connectivity index (χ0) is 19.4. The zero-order valence-electron chi connectivity index (χ0n) is 15.1. The second kappa shape index (κ2) is 8.18. The fourth-order valence-corrected chi connectivity index (χ4v) is 2.93. The molecule has 2 N–H and O–H groups in total. The Labute approximate surface area is 161 Å². The Morgan fingerprint density at radius 2 is 2.07 bits per heavy atom. The Kier molecular flexibility index (Phi) is 5.71. The van der Waals surface area contributed by atoms with Gasteiger partial charge in [0, 0.05) is 22.8 Å². The van der Waals surface area contributed by atoms with Crippen molar-refractivity contribution in [2.24, 2.45) is 0 Å². The van der Waals surface area contributed by atoms with E-state index in [1.165, 1.54) is 10.7 Å². The summed E-state index contributed by atoms with van der Waals surface area (Å²) >= 11 is 6.12. The molecule has 1 aromatic carbocycles. The maximum absolute atomic E-state index is 12.5. The summed E-state index contributed by atoms with van der Waals surface area (Å²) in [6.45, 7) is 3.81. The minimum Gasteiger partial charge on any atom is -0.310 e. The van der Waals surface area contributed by atoms with Crippen molar-refractivity contribution in [3.8, 4) is 5.95 Å². The van der Waals surface area contributed by atoms with E-state index in [0.29, 0.717) is 28.6 Å². The molecule has 8 heteroatoms. The number of hydrogen-bond acceptors (Lipinski definition) is 4. The third-order valence-electron chi connectivity index (χ3n) is 3.90. The van der Waals surface area contributed by atoms with Crippen LogP contribution in [0.15, 0.2) is 41.2 Å². The highest BCUT2D eigenvalue weighted by molar-refractivity contribution is 6.31. The molecule has 0 unspecified atom stereocenters. The first kappa shape index (κ1) is 18.8. The van der Waals surface area contributed by atoms with Gasteiger partial charge in [-0.2, -0.15) is 9.78 Å². The van der Waals surface area contributed by atoms with Crippen LogP contribution in [-0.4, -0.2) is 25.7 Å². The molecule has 0 radical (unpaired) electrons. The number of nitrogens with zero attached hydrogens (tertiary/aromatic N) is 3. The van der Waals surface area contributed by atoms with Gasteiger partial charge in [-0.1, -0.05) is 43.1 Å². The van der Waals surface area contributed by atoms with Crippen molar-refractivity contribution in [3.63, 3.8) is 0 Å². The molecule has 0 saturated heterocycles. The minimum atomic E-state index is -0.259. The van der Waals surface area contributed by atoms with Crippen LogP contribution in [0, 0.1) is 6.92 Å². The molecule has 7 nitrogen and oxygen atoms in total. The third kappa shape index (κ3) is 4.62. The number of anilines is 1.